The van der Waals surface area contributed by atoms with Crippen LogP contribution in [0.3, 0.4) is 0 Å². The van der Waals surface area contributed by atoms with E-state index in [1.165, 1.54) is 10.4 Å². The van der Waals surface area contributed by atoms with Crippen LogP contribution in [-0.2, 0) is 19.6 Å². The zero-order valence-electron chi connectivity index (χ0n) is 12.4. The molecule has 0 saturated carbocycles. The molecule has 0 atom stereocenters. The Kier molecular flexibility index (Phi) is 5.56. The number of benzene rings is 1. The number of aryl methyl sites for hydroxylation is 2. The number of nitrogens with zero attached hydrogens (tertiary/aromatic N) is 1. The average Bonchev–Trinajstić information content (AvgIpc) is 2.83. The molecule has 1 aromatic heterocycles. The SMILES string of the molecule is CCNCc1sc(COc2ccccc2CC)nc1C. The third-order valence-electron chi connectivity index (χ3n) is 3.18. The van der Waals surface area contributed by atoms with Gasteiger partial charge in [0.15, 0.2) is 0 Å². The van der Waals surface area contributed by atoms with Crippen molar-refractivity contribution in [2.24, 2.45) is 0 Å². The molecule has 0 aliphatic rings. The third-order valence-corrected chi connectivity index (χ3v) is 4.31. The lowest BCUT2D eigenvalue weighted by molar-refractivity contribution is 0.302. The van der Waals surface area contributed by atoms with Gasteiger partial charge >= 0.3 is 0 Å². The van der Waals surface area contributed by atoms with Crippen molar-refractivity contribution >= 4 is 11.3 Å². The number of hydrogen-bond acceptors (Lipinski definition) is 4. The van der Waals surface area contributed by atoms with Gasteiger partial charge in [0.05, 0.1) is 5.69 Å². The molecule has 0 amide bonds. The van der Waals surface area contributed by atoms with Gasteiger partial charge in [-0.1, -0.05) is 32.0 Å². The van der Waals surface area contributed by atoms with Gasteiger partial charge in [-0.25, -0.2) is 4.98 Å². The van der Waals surface area contributed by atoms with Crippen molar-refractivity contribution in [2.75, 3.05) is 6.54 Å². The Labute approximate surface area is 125 Å². The number of hydrogen-bond donors (Lipinski definition) is 1. The summed E-state index contributed by atoms with van der Waals surface area (Å²) in [5.74, 6) is 0.969. The number of aromatic nitrogens is 1. The fourth-order valence-electron chi connectivity index (χ4n) is 2.03. The molecular weight excluding hydrogens is 268 g/mol. The van der Waals surface area contributed by atoms with Crippen molar-refractivity contribution in [3.8, 4) is 5.75 Å². The number of para-hydroxylation sites is 1. The number of rotatable bonds is 7. The van der Waals surface area contributed by atoms with Crippen LogP contribution in [-0.4, -0.2) is 11.5 Å². The first-order chi connectivity index (χ1) is 9.74. The van der Waals surface area contributed by atoms with E-state index in [1.54, 1.807) is 11.3 Å². The van der Waals surface area contributed by atoms with Gasteiger partial charge < -0.3 is 10.1 Å². The first-order valence-electron chi connectivity index (χ1n) is 7.11. The maximum Gasteiger partial charge on any atom is 0.140 e. The van der Waals surface area contributed by atoms with Gasteiger partial charge in [-0.15, -0.1) is 11.3 Å². The second-order valence-corrected chi connectivity index (χ2v) is 5.81. The summed E-state index contributed by atoms with van der Waals surface area (Å²) in [7, 11) is 0. The van der Waals surface area contributed by atoms with Gasteiger partial charge in [0, 0.05) is 11.4 Å². The topological polar surface area (TPSA) is 34.1 Å². The van der Waals surface area contributed by atoms with Crippen molar-refractivity contribution in [1.82, 2.24) is 10.3 Å². The molecule has 4 heteroatoms. The zero-order chi connectivity index (χ0) is 14.4. The molecule has 20 heavy (non-hydrogen) atoms. The Morgan fingerprint density at radius 3 is 2.80 bits per heavy atom. The first-order valence-corrected chi connectivity index (χ1v) is 7.92. The highest BCUT2D eigenvalue weighted by molar-refractivity contribution is 7.11. The van der Waals surface area contributed by atoms with Crippen LogP contribution in [0.1, 0.15) is 35.0 Å². The van der Waals surface area contributed by atoms with E-state index in [0.717, 1.165) is 36.0 Å². The summed E-state index contributed by atoms with van der Waals surface area (Å²) in [4.78, 5) is 5.89. The molecule has 0 aliphatic heterocycles. The van der Waals surface area contributed by atoms with Gasteiger partial charge in [0.2, 0.25) is 0 Å². The highest BCUT2D eigenvalue weighted by Gasteiger charge is 2.08. The quantitative estimate of drug-likeness (QED) is 0.844. The molecule has 0 aliphatic carbocycles. The van der Waals surface area contributed by atoms with Crippen molar-refractivity contribution < 1.29 is 4.74 Å². The largest absolute Gasteiger partial charge is 0.486 e. The normalized spacial score (nSPS) is 10.8. The molecular formula is C16H22N2OS. The molecule has 2 rings (SSSR count). The predicted molar refractivity (Wildman–Crippen MR) is 84.4 cm³/mol. The van der Waals surface area contributed by atoms with E-state index in [1.807, 2.05) is 18.2 Å². The van der Waals surface area contributed by atoms with Gasteiger partial charge in [-0.3, -0.25) is 0 Å². The highest BCUT2D eigenvalue weighted by Crippen LogP contribution is 2.22. The van der Waals surface area contributed by atoms with Crippen molar-refractivity contribution in [2.45, 2.75) is 40.3 Å². The summed E-state index contributed by atoms with van der Waals surface area (Å²) in [6, 6.07) is 8.20. The summed E-state index contributed by atoms with van der Waals surface area (Å²) in [5.41, 5.74) is 2.35. The lowest BCUT2D eigenvalue weighted by atomic mass is 10.1. The van der Waals surface area contributed by atoms with E-state index in [0.29, 0.717) is 6.61 Å². The molecule has 0 saturated heterocycles. The molecule has 108 valence electrons. The van der Waals surface area contributed by atoms with Crippen LogP contribution in [0.2, 0.25) is 0 Å². The minimum absolute atomic E-state index is 0.550. The monoisotopic (exact) mass is 290 g/mol. The van der Waals surface area contributed by atoms with Crippen LogP contribution >= 0.6 is 11.3 Å². The molecule has 0 bridgehead atoms. The second kappa shape index (κ2) is 7.41. The second-order valence-electron chi connectivity index (χ2n) is 4.65. The van der Waals surface area contributed by atoms with Crippen LogP contribution in [0, 0.1) is 6.92 Å². The molecule has 0 spiro atoms. The van der Waals surface area contributed by atoms with Gasteiger partial charge in [0.1, 0.15) is 17.4 Å². The number of thiazole rings is 1. The van der Waals surface area contributed by atoms with E-state index >= 15 is 0 Å². The molecule has 0 unspecified atom stereocenters. The molecule has 1 heterocycles. The third kappa shape index (κ3) is 3.81. The molecule has 1 N–H and O–H groups in total. The molecule has 0 radical (unpaired) electrons. The fraction of sp³-hybridized carbons (Fsp3) is 0.438. The Balaban J connectivity index is 2.00. The minimum atomic E-state index is 0.550. The van der Waals surface area contributed by atoms with Crippen LogP contribution in [0.4, 0.5) is 0 Å². The molecule has 0 fully saturated rings. The maximum absolute atomic E-state index is 5.91. The minimum Gasteiger partial charge on any atom is -0.486 e. The summed E-state index contributed by atoms with van der Waals surface area (Å²) < 4.78 is 5.91. The number of ether oxygens (including phenoxy) is 1. The van der Waals surface area contributed by atoms with Crippen molar-refractivity contribution in [1.29, 1.82) is 0 Å². The summed E-state index contributed by atoms with van der Waals surface area (Å²) in [5, 5.41) is 4.38. The van der Waals surface area contributed by atoms with E-state index in [2.05, 4.69) is 37.1 Å². The standard InChI is InChI=1S/C16H22N2OS/c1-4-13-8-6-7-9-14(13)19-11-16-18-12(3)15(20-16)10-17-5-2/h6-9,17H,4-5,10-11H2,1-3H3. The van der Waals surface area contributed by atoms with Gasteiger partial charge in [-0.05, 0) is 31.5 Å². The molecule has 1 aromatic carbocycles. The predicted octanol–water partition coefficient (Wildman–Crippen LogP) is 3.70. The first kappa shape index (κ1) is 15.0. The van der Waals surface area contributed by atoms with Gasteiger partial charge in [0.25, 0.3) is 0 Å². The Hall–Kier alpha value is -1.39. The van der Waals surface area contributed by atoms with Gasteiger partial charge in [-0.2, -0.15) is 0 Å². The Morgan fingerprint density at radius 2 is 2.05 bits per heavy atom. The summed E-state index contributed by atoms with van der Waals surface area (Å²) >= 11 is 1.73. The zero-order valence-corrected chi connectivity index (χ0v) is 13.2. The van der Waals surface area contributed by atoms with Crippen LogP contribution < -0.4 is 10.1 Å². The van der Waals surface area contributed by atoms with Crippen LogP contribution in [0.15, 0.2) is 24.3 Å². The van der Waals surface area contributed by atoms with Crippen LogP contribution in [0.5, 0.6) is 5.75 Å². The van der Waals surface area contributed by atoms with Crippen LogP contribution in [0.25, 0.3) is 0 Å². The summed E-state index contributed by atoms with van der Waals surface area (Å²) in [6.07, 6.45) is 0.985. The average molecular weight is 290 g/mol. The van der Waals surface area contributed by atoms with Crippen molar-refractivity contribution in [3.63, 3.8) is 0 Å². The molecule has 3 nitrogen and oxygen atoms in total. The lowest BCUT2D eigenvalue weighted by Gasteiger charge is -2.08. The smallest absolute Gasteiger partial charge is 0.140 e. The Bertz CT molecular complexity index is 551. The maximum atomic E-state index is 5.91. The molecule has 2 aromatic rings. The number of nitrogens with one attached hydrogen (secondary N) is 1. The summed E-state index contributed by atoms with van der Waals surface area (Å²) in [6.45, 7) is 8.74. The van der Waals surface area contributed by atoms with E-state index in [4.69, 9.17) is 4.74 Å². The van der Waals surface area contributed by atoms with E-state index < -0.39 is 0 Å². The highest BCUT2D eigenvalue weighted by atomic mass is 32.1. The van der Waals surface area contributed by atoms with E-state index in [-0.39, 0.29) is 0 Å². The fourth-order valence-corrected chi connectivity index (χ4v) is 2.98. The van der Waals surface area contributed by atoms with Crippen molar-refractivity contribution in [3.05, 3.63) is 45.4 Å². The Morgan fingerprint density at radius 1 is 1.25 bits per heavy atom. The van der Waals surface area contributed by atoms with E-state index in [9.17, 15) is 0 Å². The lowest BCUT2D eigenvalue weighted by Crippen LogP contribution is -2.11.